The molecule has 4 heteroatoms. The molecule has 0 aromatic heterocycles. The Balaban J connectivity index is 1.85. The molecule has 1 aliphatic heterocycles. The predicted octanol–water partition coefficient (Wildman–Crippen LogP) is 0.894. The van der Waals surface area contributed by atoms with Gasteiger partial charge in [0.25, 0.3) is 0 Å². The molecule has 1 heterocycles. The maximum Gasteiger partial charge on any atom is 0.0616 e. The van der Waals surface area contributed by atoms with Gasteiger partial charge in [-0.2, -0.15) is 0 Å². The molecule has 2 aliphatic rings. The lowest BCUT2D eigenvalue weighted by atomic mass is 9.92. The highest BCUT2D eigenvalue weighted by molar-refractivity contribution is 4.94. The van der Waals surface area contributed by atoms with Crippen molar-refractivity contribution < 1.29 is 9.84 Å². The second-order valence-electron chi connectivity index (χ2n) is 5.74. The molecule has 2 rings (SSSR count). The molecular weight excluding hydrogens is 228 g/mol. The Morgan fingerprint density at radius 2 is 2.22 bits per heavy atom. The van der Waals surface area contributed by atoms with Crippen LogP contribution in [0.1, 0.15) is 38.5 Å². The van der Waals surface area contributed by atoms with Crippen LogP contribution in [0.25, 0.3) is 0 Å². The minimum atomic E-state index is 0.236. The summed E-state index contributed by atoms with van der Waals surface area (Å²) < 4.78 is 5.24. The molecule has 0 bridgehead atoms. The van der Waals surface area contributed by atoms with E-state index in [-0.39, 0.29) is 6.61 Å². The number of aliphatic hydroxyl groups excluding tert-OH is 1. The first-order valence-corrected chi connectivity index (χ1v) is 7.44. The SMILES string of the molecule is COCC(CCO)NC1CCCC1C1CCCN1. The Labute approximate surface area is 110 Å². The zero-order valence-electron chi connectivity index (χ0n) is 11.5. The number of ether oxygens (including phenoxy) is 1. The van der Waals surface area contributed by atoms with Crippen molar-refractivity contribution >= 4 is 0 Å². The van der Waals surface area contributed by atoms with Crippen LogP contribution in [-0.2, 0) is 4.74 Å². The largest absolute Gasteiger partial charge is 0.396 e. The quantitative estimate of drug-likeness (QED) is 0.633. The molecule has 0 aromatic carbocycles. The summed E-state index contributed by atoms with van der Waals surface area (Å²) in [6.07, 6.45) is 7.39. The van der Waals surface area contributed by atoms with Gasteiger partial charge in [-0.15, -0.1) is 0 Å². The molecule has 4 nitrogen and oxygen atoms in total. The van der Waals surface area contributed by atoms with E-state index >= 15 is 0 Å². The van der Waals surface area contributed by atoms with Crippen LogP contribution in [-0.4, -0.2) is 50.1 Å². The lowest BCUT2D eigenvalue weighted by Crippen LogP contribution is -2.47. The van der Waals surface area contributed by atoms with Gasteiger partial charge in [-0.05, 0) is 44.6 Å². The van der Waals surface area contributed by atoms with Crippen molar-refractivity contribution in [1.29, 1.82) is 0 Å². The van der Waals surface area contributed by atoms with Crippen LogP contribution in [0.3, 0.4) is 0 Å². The molecule has 4 unspecified atom stereocenters. The van der Waals surface area contributed by atoms with Gasteiger partial charge < -0.3 is 20.5 Å². The molecule has 0 spiro atoms. The first-order chi connectivity index (χ1) is 8.85. The van der Waals surface area contributed by atoms with Crippen molar-refractivity contribution in [3.05, 3.63) is 0 Å². The third kappa shape index (κ3) is 3.67. The maximum atomic E-state index is 9.11. The molecule has 1 saturated carbocycles. The highest BCUT2D eigenvalue weighted by atomic mass is 16.5. The number of nitrogens with one attached hydrogen (secondary N) is 2. The fraction of sp³-hybridized carbons (Fsp3) is 1.00. The van der Waals surface area contributed by atoms with Gasteiger partial charge in [-0.25, -0.2) is 0 Å². The van der Waals surface area contributed by atoms with Crippen molar-refractivity contribution in [3.8, 4) is 0 Å². The first-order valence-electron chi connectivity index (χ1n) is 7.44. The van der Waals surface area contributed by atoms with Gasteiger partial charge >= 0.3 is 0 Å². The third-order valence-electron chi connectivity index (χ3n) is 4.48. The van der Waals surface area contributed by atoms with Gasteiger partial charge in [0.1, 0.15) is 0 Å². The van der Waals surface area contributed by atoms with Crippen molar-refractivity contribution in [2.75, 3.05) is 26.9 Å². The average molecular weight is 256 g/mol. The van der Waals surface area contributed by atoms with Crippen molar-refractivity contribution in [2.24, 2.45) is 5.92 Å². The minimum absolute atomic E-state index is 0.236. The maximum absolute atomic E-state index is 9.11. The summed E-state index contributed by atoms with van der Waals surface area (Å²) in [6, 6.07) is 1.61. The van der Waals surface area contributed by atoms with Crippen LogP contribution >= 0.6 is 0 Å². The van der Waals surface area contributed by atoms with Crippen molar-refractivity contribution in [3.63, 3.8) is 0 Å². The van der Waals surface area contributed by atoms with Crippen molar-refractivity contribution in [2.45, 2.75) is 56.7 Å². The summed E-state index contributed by atoms with van der Waals surface area (Å²) in [4.78, 5) is 0. The minimum Gasteiger partial charge on any atom is -0.396 e. The van der Waals surface area contributed by atoms with Crippen LogP contribution in [0.15, 0.2) is 0 Å². The molecule has 2 fully saturated rings. The van der Waals surface area contributed by atoms with Crippen LogP contribution in [0, 0.1) is 5.92 Å². The lowest BCUT2D eigenvalue weighted by Gasteiger charge is -2.30. The van der Waals surface area contributed by atoms with E-state index in [0.717, 1.165) is 12.3 Å². The number of hydrogen-bond donors (Lipinski definition) is 3. The van der Waals surface area contributed by atoms with E-state index in [4.69, 9.17) is 9.84 Å². The highest BCUT2D eigenvalue weighted by Crippen LogP contribution is 2.32. The average Bonchev–Trinajstić information content (AvgIpc) is 2.99. The number of hydrogen-bond acceptors (Lipinski definition) is 4. The Hall–Kier alpha value is -0.160. The zero-order valence-corrected chi connectivity index (χ0v) is 11.5. The van der Waals surface area contributed by atoms with E-state index in [9.17, 15) is 0 Å². The number of rotatable bonds is 7. The normalized spacial score (nSPS) is 34.0. The Morgan fingerprint density at radius 1 is 1.33 bits per heavy atom. The summed E-state index contributed by atoms with van der Waals surface area (Å²) in [5.74, 6) is 0.769. The molecular formula is C14H28N2O2. The third-order valence-corrected chi connectivity index (χ3v) is 4.48. The molecule has 0 aromatic rings. The number of methoxy groups -OCH3 is 1. The molecule has 1 aliphatic carbocycles. The molecule has 4 atom stereocenters. The van der Waals surface area contributed by atoms with Crippen molar-refractivity contribution in [1.82, 2.24) is 10.6 Å². The van der Waals surface area contributed by atoms with E-state index in [0.29, 0.717) is 24.7 Å². The van der Waals surface area contributed by atoms with Gasteiger partial charge in [-0.1, -0.05) is 6.42 Å². The molecule has 0 radical (unpaired) electrons. The standard InChI is InChI=1S/C14H28N2O2/c1-18-10-11(7-9-17)16-14-5-2-4-12(14)13-6-3-8-15-13/h11-17H,2-10H2,1H3. The smallest absolute Gasteiger partial charge is 0.0616 e. The lowest BCUT2D eigenvalue weighted by molar-refractivity contribution is 0.136. The van der Waals surface area contributed by atoms with Gasteiger partial charge in [0.15, 0.2) is 0 Å². The molecule has 0 amide bonds. The van der Waals surface area contributed by atoms with E-state index < -0.39 is 0 Å². The van der Waals surface area contributed by atoms with Gasteiger partial charge in [0.2, 0.25) is 0 Å². The Kier molecular flexibility index (Phi) is 5.89. The van der Waals surface area contributed by atoms with E-state index in [1.54, 1.807) is 7.11 Å². The van der Waals surface area contributed by atoms with E-state index in [1.807, 2.05) is 0 Å². The summed E-state index contributed by atoms with van der Waals surface area (Å²) in [5, 5.41) is 16.5. The van der Waals surface area contributed by atoms with Crippen LogP contribution < -0.4 is 10.6 Å². The molecule has 18 heavy (non-hydrogen) atoms. The second kappa shape index (κ2) is 7.43. The Morgan fingerprint density at radius 3 is 2.89 bits per heavy atom. The topological polar surface area (TPSA) is 53.5 Å². The highest BCUT2D eigenvalue weighted by Gasteiger charge is 2.35. The monoisotopic (exact) mass is 256 g/mol. The fourth-order valence-corrected chi connectivity index (χ4v) is 3.63. The van der Waals surface area contributed by atoms with Gasteiger partial charge in [0.05, 0.1) is 6.61 Å². The van der Waals surface area contributed by atoms with Crippen LogP contribution in [0.4, 0.5) is 0 Å². The molecule has 106 valence electrons. The fourth-order valence-electron chi connectivity index (χ4n) is 3.63. The summed E-state index contributed by atoms with van der Waals surface area (Å²) in [7, 11) is 1.73. The Bertz CT molecular complexity index is 226. The molecule has 1 saturated heterocycles. The first kappa shape index (κ1) is 14.3. The van der Waals surface area contributed by atoms with E-state index in [1.165, 1.54) is 38.6 Å². The van der Waals surface area contributed by atoms with Gasteiger partial charge in [0, 0.05) is 31.8 Å². The van der Waals surface area contributed by atoms with Crippen LogP contribution in [0.5, 0.6) is 0 Å². The predicted molar refractivity (Wildman–Crippen MR) is 72.7 cm³/mol. The zero-order chi connectivity index (χ0) is 12.8. The molecule has 3 N–H and O–H groups in total. The second-order valence-corrected chi connectivity index (χ2v) is 5.74. The summed E-state index contributed by atoms with van der Waals surface area (Å²) in [5.41, 5.74) is 0. The number of aliphatic hydroxyl groups is 1. The summed E-state index contributed by atoms with van der Waals surface area (Å²) in [6.45, 7) is 2.12. The van der Waals surface area contributed by atoms with E-state index in [2.05, 4.69) is 10.6 Å². The summed E-state index contributed by atoms with van der Waals surface area (Å²) >= 11 is 0. The van der Waals surface area contributed by atoms with Crippen LogP contribution in [0.2, 0.25) is 0 Å². The van der Waals surface area contributed by atoms with Gasteiger partial charge in [-0.3, -0.25) is 0 Å².